The first kappa shape index (κ1) is 18.6. The molecule has 5 nitrogen and oxygen atoms in total. The predicted molar refractivity (Wildman–Crippen MR) is 111 cm³/mol. The monoisotopic (exact) mass is 384 g/mol. The van der Waals surface area contributed by atoms with Crippen molar-refractivity contribution in [3.05, 3.63) is 107 Å². The minimum atomic E-state index is -0.978. The molecule has 2 N–H and O–H groups in total. The van der Waals surface area contributed by atoms with Crippen LogP contribution in [0.25, 0.3) is 0 Å². The summed E-state index contributed by atoms with van der Waals surface area (Å²) in [6.07, 6.45) is 2.24. The Morgan fingerprint density at radius 1 is 0.897 bits per heavy atom. The predicted octanol–water partition coefficient (Wildman–Crippen LogP) is 3.84. The zero-order valence-electron chi connectivity index (χ0n) is 15.7. The second-order valence-electron chi connectivity index (χ2n) is 7.12. The van der Waals surface area contributed by atoms with Crippen LogP contribution < -0.4 is 5.43 Å². The van der Waals surface area contributed by atoms with Gasteiger partial charge in [-0.1, -0.05) is 72.8 Å². The van der Waals surface area contributed by atoms with Gasteiger partial charge in [0.15, 0.2) is 0 Å². The number of rotatable bonds is 6. The first-order valence-corrected chi connectivity index (χ1v) is 9.38. The molecule has 1 saturated carbocycles. The highest BCUT2D eigenvalue weighted by atomic mass is 16.4. The van der Waals surface area contributed by atoms with E-state index in [0.29, 0.717) is 5.56 Å². The Kier molecular flexibility index (Phi) is 4.96. The minimum absolute atomic E-state index is 0.129. The van der Waals surface area contributed by atoms with Gasteiger partial charge < -0.3 is 5.11 Å². The highest BCUT2D eigenvalue weighted by Gasteiger charge is 2.60. The van der Waals surface area contributed by atoms with E-state index in [4.69, 9.17) is 5.11 Å². The molecule has 1 amide bonds. The maximum Gasteiger partial charge on any atom is 0.335 e. The number of aromatic carboxylic acids is 1. The lowest BCUT2D eigenvalue weighted by Crippen LogP contribution is -2.25. The topological polar surface area (TPSA) is 78.8 Å². The molecule has 144 valence electrons. The van der Waals surface area contributed by atoms with Crippen molar-refractivity contribution in [1.29, 1.82) is 0 Å². The molecule has 3 aromatic carbocycles. The number of nitrogens with zero attached hydrogens (tertiary/aromatic N) is 1. The Bertz CT molecular complexity index is 1010. The zero-order valence-corrected chi connectivity index (χ0v) is 15.7. The van der Waals surface area contributed by atoms with Gasteiger partial charge in [-0.25, -0.2) is 10.2 Å². The van der Waals surface area contributed by atoms with E-state index in [0.717, 1.165) is 17.5 Å². The molecule has 0 saturated heterocycles. The Hall–Kier alpha value is -3.73. The fraction of sp³-hybridized carbons (Fsp3) is 0.125. The number of hydrogen-bond donors (Lipinski definition) is 2. The maximum absolute atomic E-state index is 12.8. The van der Waals surface area contributed by atoms with E-state index in [-0.39, 0.29) is 22.8 Å². The van der Waals surface area contributed by atoms with Crippen molar-refractivity contribution in [2.75, 3.05) is 0 Å². The van der Waals surface area contributed by atoms with Gasteiger partial charge in [0.1, 0.15) is 0 Å². The number of hydrogen-bond acceptors (Lipinski definition) is 3. The standard InChI is InChI=1S/C24H20N2O3/c27-22(26-25-16-17-11-13-18(14-12-17)23(28)29)21-15-24(21,19-7-3-1-4-8-19)20-9-5-2-6-10-20/h1-14,16,21H,15H2,(H,26,27)(H,28,29)/t21-/m0/s1. The minimum Gasteiger partial charge on any atom is -0.478 e. The lowest BCUT2D eigenvalue weighted by atomic mass is 9.85. The Balaban J connectivity index is 1.49. The molecular weight excluding hydrogens is 364 g/mol. The summed E-state index contributed by atoms with van der Waals surface area (Å²) in [4.78, 5) is 23.7. The maximum atomic E-state index is 12.8. The van der Waals surface area contributed by atoms with Gasteiger partial charge in [0.05, 0.1) is 17.7 Å². The number of benzene rings is 3. The molecule has 1 aliphatic rings. The van der Waals surface area contributed by atoms with E-state index in [1.54, 1.807) is 12.1 Å². The Labute approximate surface area is 168 Å². The fourth-order valence-electron chi connectivity index (χ4n) is 3.82. The van der Waals surface area contributed by atoms with Gasteiger partial charge in [0.25, 0.3) is 0 Å². The normalized spacial score (nSPS) is 17.0. The van der Waals surface area contributed by atoms with E-state index in [2.05, 4.69) is 34.8 Å². The van der Waals surface area contributed by atoms with Gasteiger partial charge in [-0.2, -0.15) is 5.10 Å². The number of carbonyl (C=O) groups excluding carboxylic acids is 1. The number of carboxylic acid groups (broad SMARTS) is 1. The van der Waals surface area contributed by atoms with Crippen molar-refractivity contribution in [3.8, 4) is 0 Å². The van der Waals surface area contributed by atoms with Crippen LogP contribution in [0.3, 0.4) is 0 Å². The molecule has 0 aromatic heterocycles. The highest BCUT2D eigenvalue weighted by molar-refractivity contribution is 5.90. The smallest absolute Gasteiger partial charge is 0.335 e. The summed E-state index contributed by atoms with van der Waals surface area (Å²) in [5.74, 6) is -1.30. The SMILES string of the molecule is O=C(O)c1ccc(C=NNC(=O)[C@@H]2CC2(c2ccccc2)c2ccccc2)cc1. The summed E-state index contributed by atoms with van der Waals surface area (Å²) in [7, 11) is 0. The molecule has 0 unspecified atom stereocenters. The van der Waals surface area contributed by atoms with Gasteiger partial charge in [-0.3, -0.25) is 4.79 Å². The van der Waals surface area contributed by atoms with Crippen LogP contribution in [0.1, 0.15) is 33.5 Å². The highest BCUT2D eigenvalue weighted by Crippen LogP contribution is 2.58. The van der Waals surface area contributed by atoms with Crippen LogP contribution in [0.2, 0.25) is 0 Å². The van der Waals surface area contributed by atoms with Crippen LogP contribution in [0.5, 0.6) is 0 Å². The lowest BCUT2D eigenvalue weighted by Gasteiger charge is -2.18. The van der Waals surface area contributed by atoms with Crippen molar-refractivity contribution in [2.45, 2.75) is 11.8 Å². The molecule has 5 heteroatoms. The van der Waals surface area contributed by atoms with Crippen LogP contribution in [0, 0.1) is 5.92 Å². The Morgan fingerprint density at radius 3 is 1.97 bits per heavy atom. The largest absolute Gasteiger partial charge is 0.478 e. The van der Waals surface area contributed by atoms with Gasteiger partial charge in [0.2, 0.25) is 5.91 Å². The van der Waals surface area contributed by atoms with Crippen LogP contribution in [-0.4, -0.2) is 23.2 Å². The second-order valence-corrected chi connectivity index (χ2v) is 7.12. The molecule has 0 spiro atoms. The zero-order chi connectivity index (χ0) is 20.3. The van der Waals surface area contributed by atoms with Crippen molar-refractivity contribution in [3.63, 3.8) is 0 Å². The van der Waals surface area contributed by atoms with Gasteiger partial charge in [-0.05, 0) is 35.2 Å². The van der Waals surface area contributed by atoms with Gasteiger partial charge >= 0.3 is 5.97 Å². The molecule has 0 radical (unpaired) electrons. The number of amides is 1. The van der Waals surface area contributed by atoms with Gasteiger partial charge in [0, 0.05) is 5.41 Å². The molecule has 0 heterocycles. The van der Waals surface area contributed by atoms with Crippen molar-refractivity contribution < 1.29 is 14.7 Å². The average molecular weight is 384 g/mol. The molecular formula is C24H20N2O3. The molecule has 4 rings (SSSR count). The molecule has 29 heavy (non-hydrogen) atoms. The lowest BCUT2D eigenvalue weighted by molar-refractivity contribution is -0.122. The first-order chi connectivity index (χ1) is 14.1. The van der Waals surface area contributed by atoms with Crippen LogP contribution in [-0.2, 0) is 10.2 Å². The van der Waals surface area contributed by atoms with Crippen LogP contribution in [0.15, 0.2) is 90.0 Å². The molecule has 1 fully saturated rings. The van der Waals surface area contributed by atoms with E-state index in [9.17, 15) is 9.59 Å². The van der Waals surface area contributed by atoms with Crippen molar-refractivity contribution in [2.24, 2.45) is 11.0 Å². The quantitative estimate of drug-likeness (QED) is 0.501. The first-order valence-electron chi connectivity index (χ1n) is 9.38. The third-order valence-electron chi connectivity index (χ3n) is 5.40. The summed E-state index contributed by atoms with van der Waals surface area (Å²) in [6, 6.07) is 26.5. The molecule has 1 atom stereocenters. The second kappa shape index (κ2) is 7.72. The Morgan fingerprint density at radius 2 is 1.45 bits per heavy atom. The van der Waals surface area contributed by atoms with Gasteiger partial charge in [-0.15, -0.1) is 0 Å². The third kappa shape index (κ3) is 3.67. The fourth-order valence-corrected chi connectivity index (χ4v) is 3.82. The summed E-state index contributed by atoms with van der Waals surface area (Å²) in [5, 5.41) is 13.0. The molecule has 1 aliphatic carbocycles. The third-order valence-corrected chi connectivity index (χ3v) is 5.40. The van der Waals surface area contributed by atoms with Crippen LogP contribution in [0.4, 0.5) is 0 Å². The molecule has 3 aromatic rings. The van der Waals surface area contributed by atoms with E-state index in [1.807, 2.05) is 36.4 Å². The van der Waals surface area contributed by atoms with Crippen molar-refractivity contribution >= 4 is 18.1 Å². The summed E-state index contributed by atoms with van der Waals surface area (Å²) in [5.41, 5.74) is 5.48. The summed E-state index contributed by atoms with van der Waals surface area (Å²) >= 11 is 0. The van der Waals surface area contributed by atoms with Crippen LogP contribution >= 0.6 is 0 Å². The summed E-state index contributed by atoms with van der Waals surface area (Å²) < 4.78 is 0. The average Bonchev–Trinajstić information content (AvgIpc) is 3.52. The molecule has 0 aliphatic heterocycles. The number of carbonyl (C=O) groups is 2. The number of nitrogens with one attached hydrogen (secondary N) is 1. The van der Waals surface area contributed by atoms with E-state index < -0.39 is 5.97 Å². The number of carboxylic acids is 1. The summed E-state index contributed by atoms with van der Waals surface area (Å²) in [6.45, 7) is 0. The van der Waals surface area contributed by atoms with E-state index >= 15 is 0 Å². The molecule has 0 bridgehead atoms. The van der Waals surface area contributed by atoms with Crippen molar-refractivity contribution in [1.82, 2.24) is 5.43 Å². The van der Waals surface area contributed by atoms with E-state index in [1.165, 1.54) is 18.3 Å². The number of hydrazone groups is 1.